The third-order valence-electron chi connectivity index (χ3n) is 6.62. The summed E-state index contributed by atoms with van der Waals surface area (Å²) >= 11 is 0. The first-order valence-electron chi connectivity index (χ1n) is 12.7. The molecule has 1 atom stereocenters. The maximum atomic E-state index is 13.8. The van der Waals surface area contributed by atoms with Gasteiger partial charge in [0.25, 0.3) is 5.91 Å². The van der Waals surface area contributed by atoms with Crippen LogP contribution >= 0.6 is 0 Å². The molecule has 3 aromatic rings. The standard InChI is InChI=1S/C28H33N5O3/c1-20(19-36-24-5-3-2-4-6-24)31-28-30-15-11-26(32-28)33(18-21-9-13-29-14-10-21)27(34)23-7-8-25-22(17-23)12-16-35-25/h2-8,11,15,17,20-21,29H,9-10,12-14,16,18-19H2,1H3,(H,30,31,32). The van der Waals surface area contributed by atoms with Crippen LogP contribution < -0.4 is 25.0 Å². The van der Waals surface area contributed by atoms with E-state index >= 15 is 0 Å². The minimum atomic E-state index is -0.0478. The van der Waals surface area contributed by atoms with Crippen molar-refractivity contribution < 1.29 is 14.3 Å². The molecule has 1 fully saturated rings. The summed E-state index contributed by atoms with van der Waals surface area (Å²) in [4.78, 5) is 24.7. The van der Waals surface area contributed by atoms with Crippen LogP contribution in [0.15, 0.2) is 60.8 Å². The average molecular weight is 488 g/mol. The van der Waals surface area contributed by atoms with Gasteiger partial charge in [0.15, 0.2) is 0 Å². The molecule has 2 N–H and O–H groups in total. The highest BCUT2D eigenvalue weighted by atomic mass is 16.5. The highest BCUT2D eigenvalue weighted by Gasteiger charge is 2.26. The number of benzene rings is 2. The molecule has 1 aromatic heterocycles. The second kappa shape index (κ2) is 11.4. The lowest BCUT2D eigenvalue weighted by molar-refractivity contribution is 0.0980. The Morgan fingerprint density at radius 1 is 1.19 bits per heavy atom. The van der Waals surface area contributed by atoms with E-state index in [1.165, 1.54) is 0 Å². The molecule has 0 radical (unpaired) electrons. The number of ether oxygens (including phenoxy) is 2. The summed E-state index contributed by atoms with van der Waals surface area (Å²) in [6, 6.07) is 17.2. The second-order valence-corrected chi connectivity index (χ2v) is 9.44. The van der Waals surface area contributed by atoms with E-state index in [0.29, 0.717) is 43.0 Å². The van der Waals surface area contributed by atoms with Gasteiger partial charge in [-0.3, -0.25) is 9.69 Å². The highest BCUT2D eigenvalue weighted by molar-refractivity contribution is 6.05. The molecule has 1 saturated heterocycles. The average Bonchev–Trinajstić information content (AvgIpc) is 3.40. The van der Waals surface area contributed by atoms with Crippen LogP contribution in [0.2, 0.25) is 0 Å². The first-order valence-corrected chi connectivity index (χ1v) is 12.7. The van der Waals surface area contributed by atoms with E-state index in [0.717, 1.165) is 49.4 Å². The van der Waals surface area contributed by atoms with Crippen molar-refractivity contribution in [3.8, 4) is 11.5 Å². The third kappa shape index (κ3) is 5.94. The number of anilines is 2. The van der Waals surface area contributed by atoms with Crippen molar-refractivity contribution in [3.05, 3.63) is 71.9 Å². The summed E-state index contributed by atoms with van der Waals surface area (Å²) in [6.45, 7) is 5.71. The second-order valence-electron chi connectivity index (χ2n) is 9.44. The topological polar surface area (TPSA) is 88.6 Å². The molecule has 8 heteroatoms. The number of carbonyl (C=O) groups excluding carboxylic acids is 1. The predicted molar refractivity (Wildman–Crippen MR) is 140 cm³/mol. The Morgan fingerprint density at radius 3 is 2.86 bits per heavy atom. The van der Waals surface area contributed by atoms with Gasteiger partial charge in [-0.15, -0.1) is 0 Å². The number of aromatic nitrogens is 2. The molecule has 2 aliphatic heterocycles. The zero-order valence-electron chi connectivity index (χ0n) is 20.7. The number of hydrogen-bond acceptors (Lipinski definition) is 7. The van der Waals surface area contributed by atoms with Gasteiger partial charge in [0.1, 0.15) is 23.9 Å². The van der Waals surface area contributed by atoms with Crippen molar-refractivity contribution in [2.24, 2.45) is 5.92 Å². The van der Waals surface area contributed by atoms with Crippen LogP contribution in [-0.2, 0) is 6.42 Å². The summed E-state index contributed by atoms with van der Waals surface area (Å²) in [5.41, 5.74) is 1.74. The van der Waals surface area contributed by atoms with E-state index < -0.39 is 0 Å². The first kappa shape index (κ1) is 24.1. The molecule has 0 saturated carbocycles. The fraction of sp³-hybridized carbons (Fsp3) is 0.393. The summed E-state index contributed by atoms with van der Waals surface area (Å²) in [7, 11) is 0. The van der Waals surface area contributed by atoms with Crippen molar-refractivity contribution >= 4 is 17.7 Å². The summed E-state index contributed by atoms with van der Waals surface area (Å²) in [5.74, 6) is 3.13. The first-order chi connectivity index (χ1) is 17.7. The number of para-hydroxylation sites is 1. The molecule has 3 heterocycles. The lowest BCUT2D eigenvalue weighted by atomic mass is 9.97. The Bertz CT molecular complexity index is 1170. The van der Waals surface area contributed by atoms with Gasteiger partial charge < -0.3 is 20.1 Å². The number of nitrogens with one attached hydrogen (secondary N) is 2. The largest absolute Gasteiger partial charge is 0.493 e. The zero-order chi connectivity index (χ0) is 24.7. The van der Waals surface area contributed by atoms with Crippen molar-refractivity contribution in [1.29, 1.82) is 0 Å². The number of nitrogens with zero attached hydrogens (tertiary/aromatic N) is 3. The number of hydrogen-bond donors (Lipinski definition) is 2. The molecule has 188 valence electrons. The Kier molecular flexibility index (Phi) is 7.61. The van der Waals surface area contributed by atoms with Crippen LogP contribution in [0.4, 0.5) is 11.8 Å². The minimum absolute atomic E-state index is 0.0225. The SMILES string of the molecule is CC(COc1ccccc1)Nc1nccc(N(CC2CCNCC2)C(=O)c2ccc3c(c2)CCO3)n1. The Morgan fingerprint density at radius 2 is 2.03 bits per heavy atom. The molecule has 1 unspecified atom stereocenters. The Hall–Kier alpha value is -3.65. The van der Waals surface area contributed by atoms with Crippen LogP contribution in [-0.4, -0.2) is 54.8 Å². The molecule has 5 rings (SSSR count). The molecule has 0 spiro atoms. The number of piperidine rings is 1. The van der Waals surface area contributed by atoms with Crippen LogP contribution in [0.1, 0.15) is 35.7 Å². The molecule has 36 heavy (non-hydrogen) atoms. The van der Waals surface area contributed by atoms with E-state index in [1.54, 1.807) is 6.20 Å². The predicted octanol–water partition coefficient (Wildman–Crippen LogP) is 3.94. The minimum Gasteiger partial charge on any atom is -0.493 e. The maximum Gasteiger partial charge on any atom is 0.259 e. The number of fused-ring (bicyclic) bond motifs is 1. The third-order valence-corrected chi connectivity index (χ3v) is 6.62. The van der Waals surface area contributed by atoms with Crippen LogP contribution in [0, 0.1) is 5.92 Å². The molecule has 8 nitrogen and oxygen atoms in total. The van der Waals surface area contributed by atoms with Crippen molar-refractivity contribution in [3.63, 3.8) is 0 Å². The fourth-order valence-electron chi connectivity index (χ4n) is 4.65. The van der Waals surface area contributed by atoms with Crippen LogP contribution in [0.25, 0.3) is 0 Å². The fourth-order valence-corrected chi connectivity index (χ4v) is 4.65. The van der Waals surface area contributed by atoms with Crippen LogP contribution in [0.5, 0.6) is 11.5 Å². The van der Waals surface area contributed by atoms with Crippen molar-refractivity contribution in [2.45, 2.75) is 32.2 Å². The normalized spacial score (nSPS) is 16.0. The zero-order valence-corrected chi connectivity index (χ0v) is 20.7. The number of rotatable bonds is 9. The van der Waals surface area contributed by atoms with Gasteiger partial charge in [-0.1, -0.05) is 18.2 Å². The van der Waals surface area contributed by atoms with Gasteiger partial charge in [0.2, 0.25) is 5.95 Å². The van der Waals surface area contributed by atoms with E-state index in [9.17, 15) is 4.79 Å². The smallest absolute Gasteiger partial charge is 0.259 e. The molecule has 0 aliphatic carbocycles. The van der Waals surface area contributed by atoms with Crippen molar-refractivity contribution in [2.75, 3.05) is 43.1 Å². The maximum absolute atomic E-state index is 13.8. The van der Waals surface area contributed by atoms with Crippen LogP contribution in [0.3, 0.4) is 0 Å². The summed E-state index contributed by atoms with van der Waals surface area (Å²) in [6.07, 6.45) is 4.60. The van der Waals surface area contributed by atoms with Gasteiger partial charge in [-0.25, -0.2) is 4.98 Å². The molecular formula is C28H33N5O3. The van der Waals surface area contributed by atoms with Gasteiger partial charge in [0, 0.05) is 24.7 Å². The lowest BCUT2D eigenvalue weighted by Gasteiger charge is -2.30. The van der Waals surface area contributed by atoms with E-state index in [1.807, 2.05) is 66.4 Å². The van der Waals surface area contributed by atoms with E-state index in [2.05, 4.69) is 15.6 Å². The molecule has 2 aromatic carbocycles. The van der Waals surface area contributed by atoms with E-state index in [-0.39, 0.29) is 11.9 Å². The van der Waals surface area contributed by atoms with Gasteiger partial charge in [-0.05, 0) is 80.7 Å². The van der Waals surface area contributed by atoms with Crippen molar-refractivity contribution in [1.82, 2.24) is 15.3 Å². The molecule has 2 aliphatic rings. The highest BCUT2D eigenvalue weighted by Crippen LogP contribution is 2.28. The van der Waals surface area contributed by atoms with Gasteiger partial charge >= 0.3 is 0 Å². The number of amides is 1. The van der Waals surface area contributed by atoms with Gasteiger partial charge in [-0.2, -0.15) is 4.98 Å². The Balaban J connectivity index is 1.33. The monoisotopic (exact) mass is 487 g/mol. The quantitative estimate of drug-likeness (QED) is 0.473. The number of carbonyl (C=O) groups is 1. The molecule has 0 bridgehead atoms. The summed E-state index contributed by atoms with van der Waals surface area (Å²) in [5, 5.41) is 6.72. The lowest BCUT2D eigenvalue weighted by Crippen LogP contribution is -2.40. The molecule has 1 amide bonds. The summed E-state index contributed by atoms with van der Waals surface area (Å²) < 4.78 is 11.5. The van der Waals surface area contributed by atoms with Gasteiger partial charge in [0.05, 0.1) is 12.6 Å². The molecular weight excluding hydrogens is 454 g/mol. The van der Waals surface area contributed by atoms with E-state index in [4.69, 9.17) is 14.5 Å². The Labute approximate surface area is 212 Å².